The fourth-order valence-corrected chi connectivity index (χ4v) is 2.81. The zero-order valence-electron chi connectivity index (χ0n) is 9.01. The van der Waals surface area contributed by atoms with Crippen LogP contribution in [-0.4, -0.2) is 29.7 Å². The predicted molar refractivity (Wildman–Crippen MR) is 65.4 cm³/mol. The average Bonchev–Trinajstić information content (AvgIpc) is 2.27. The molecular formula is C11H12ClNO2S. The number of β-lactam (4-membered cyclic amide) rings is 1. The van der Waals surface area contributed by atoms with E-state index in [2.05, 4.69) is 0 Å². The van der Waals surface area contributed by atoms with Gasteiger partial charge in [-0.2, -0.15) is 0 Å². The number of rotatable bonds is 3. The minimum atomic E-state index is -0.383. The molecule has 2 atom stereocenters. The zero-order valence-corrected chi connectivity index (χ0v) is 10.6. The summed E-state index contributed by atoms with van der Waals surface area (Å²) in [5.41, 5.74) is 1.01. The first kappa shape index (κ1) is 11.8. The summed E-state index contributed by atoms with van der Waals surface area (Å²) in [6, 6.07) is 7.49. The van der Waals surface area contributed by atoms with E-state index >= 15 is 0 Å². The lowest BCUT2D eigenvalue weighted by atomic mass is 9.94. The second kappa shape index (κ2) is 4.65. The molecule has 0 radical (unpaired) electrons. The molecular weight excluding hydrogens is 246 g/mol. The average molecular weight is 258 g/mol. The van der Waals surface area contributed by atoms with Gasteiger partial charge in [-0.25, -0.2) is 0 Å². The van der Waals surface area contributed by atoms with E-state index < -0.39 is 0 Å². The predicted octanol–water partition coefficient (Wildman–Crippen LogP) is 2.52. The SMILES string of the molecule is CO[C@H]1C(=O)N(SC)[C@H]1c1cccc(Cl)c1. The van der Waals surface area contributed by atoms with E-state index in [9.17, 15) is 4.79 Å². The van der Waals surface area contributed by atoms with Crippen LogP contribution in [-0.2, 0) is 9.53 Å². The summed E-state index contributed by atoms with van der Waals surface area (Å²) in [6.45, 7) is 0. The highest BCUT2D eigenvalue weighted by molar-refractivity contribution is 7.96. The first-order valence-corrected chi connectivity index (χ1v) is 6.40. The van der Waals surface area contributed by atoms with Gasteiger partial charge >= 0.3 is 0 Å². The molecule has 1 saturated heterocycles. The van der Waals surface area contributed by atoms with Crippen molar-refractivity contribution < 1.29 is 9.53 Å². The molecule has 5 heteroatoms. The van der Waals surface area contributed by atoms with Crippen molar-refractivity contribution in [3.05, 3.63) is 34.9 Å². The summed E-state index contributed by atoms with van der Waals surface area (Å²) in [5.74, 6) is 0.0139. The van der Waals surface area contributed by atoms with Crippen molar-refractivity contribution in [2.45, 2.75) is 12.1 Å². The number of ether oxygens (including phenoxy) is 1. The lowest BCUT2D eigenvalue weighted by Crippen LogP contribution is -2.55. The molecule has 0 unspecified atom stereocenters. The van der Waals surface area contributed by atoms with Crippen LogP contribution in [0.5, 0.6) is 0 Å². The van der Waals surface area contributed by atoms with Crippen LogP contribution in [0.25, 0.3) is 0 Å². The molecule has 1 heterocycles. The number of methoxy groups -OCH3 is 1. The highest BCUT2D eigenvalue weighted by Gasteiger charge is 2.48. The van der Waals surface area contributed by atoms with Crippen LogP contribution in [0, 0.1) is 0 Å². The fourth-order valence-electron chi connectivity index (χ4n) is 1.87. The van der Waals surface area contributed by atoms with E-state index in [4.69, 9.17) is 16.3 Å². The van der Waals surface area contributed by atoms with Gasteiger partial charge in [0.2, 0.25) is 0 Å². The molecule has 1 amide bonds. The number of hydrogen-bond donors (Lipinski definition) is 0. The van der Waals surface area contributed by atoms with Gasteiger partial charge in [0, 0.05) is 18.4 Å². The molecule has 0 bridgehead atoms. The van der Waals surface area contributed by atoms with Crippen LogP contribution in [0.4, 0.5) is 0 Å². The van der Waals surface area contributed by atoms with Crippen molar-refractivity contribution in [3.8, 4) is 0 Å². The Morgan fingerprint density at radius 1 is 1.50 bits per heavy atom. The van der Waals surface area contributed by atoms with Crippen LogP contribution < -0.4 is 0 Å². The van der Waals surface area contributed by atoms with Crippen LogP contribution >= 0.6 is 23.5 Å². The van der Waals surface area contributed by atoms with Crippen molar-refractivity contribution >= 4 is 29.5 Å². The van der Waals surface area contributed by atoms with Gasteiger partial charge in [0.15, 0.2) is 6.10 Å². The molecule has 0 N–H and O–H groups in total. The Morgan fingerprint density at radius 3 is 2.81 bits per heavy atom. The van der Waals surface area contributed by atoms with Crippen LogP contribution in [0.15, 0.2) is 24.3 Å². The minimum Gasteiger partial charge on any atom is -0.369 e. The Labute approximate surface area is 104 Å². The molecule has 3 nitrogen and oxygen atoms in total. The van der Waals surface area contributed by atoms with E-state index in [1.54, 1.807) is 11.4 Å². The van der Waals surface area contributed by atoms with Gasteiger partial charge < -0.3 is 4.74 Å². The van der Waals surface area contributed by atoms with Crippen molar-refractivity contribution in [2.75, 3.05) is 13.4 Å². The van der Waals surface area contributed by atoms with Crippen molar-refractivity contribution in [1.29, 1.82) is 0 Å². The second-order valence-electron chi connectivity index (χ2n) is 3.50. The molecule has 1 fully saturated rings. The first-order chi connectivity index (χ1) is 7.69. The van der Waals surface area contributed by atoms with E-state index in [1.165, 1.54) is 11.9 Å². The van der Waals surface area contributed by atoms with Crippen LogP contribution in [0.2, 0.25) is 5.02 Å². The number of amides is 1. The summed E-state index contributed by atoms with van der Waals surface area (Å²) in [5, 5.41) is 0.674. The third-order valence-corrected chi connectivity index (χ3v) is 3.68. The summed E-state index contributed by atoms with van der Waals surface area (Å²) in [7, 11) is 1.55. The molecule has 0 aromatic heterocycles. The molecule has 0 saturated carbocycles. The Kier molecular flexibility index (Phi) is 3.42. The second-order valence-corrected chi connectivity index (χ2v) is 4.70. The monoisotopic (exact) mass is 257 g/mol. The molecule has 0 aliphatic carbocycles. The quantitative estimate of drug-likeness (QED) is 0.616. The van der Waals surface area contributed by atoms with E-state index in [0.717, 1.165) is 5.56 Å². The lowest BCUT2D eigenvalue weighted by Gasteiger charge is -2.44. The fraction of sp³-hybridized carbons (Fsp3) is 0.364. The summed E-state index contributed by atoms with van der Waals surface area (Å²) in [4.78, 5) is 11.6. The number of halogens is 1. The molecule has 1 aromatic rings. The summed E-state index contributed by atoms with van der Waals surface area (Å²) >= 11 is 7.35. The number of benzene rings is 1. The first-order valence-electron chi connectivity index (χ1n) is 4.84. The molecule has 16 heavy (non-hydrogen) atoms. The molecule has 1 aliphatic rings. The van der Waals surface area contributed by atoms with E-state index in [0.29, 0.717) is 5.02 Å². The maximum absolute atomic E-state index is 11.6. The van der Waals surface area contributed by atoms with Gasteiger partial charge in [-0.3, -0.25) is 9.10 Å². The Bertz CT molecular complexity index is 399. The lowest BCUT2D eigenvalue weighted by molar-refractivity contribution is -0.158. The number of carbonyl (C=O) groups is 1. The summed E-state index contributed by atoms with van der Waals surface area (Å²) < 4.78 is 6.90. The number of carbonyl (C=O) groups excluding carboxylic acids is 1. The van der Waals surface area contributed by atoms with Gasteiger partial charge in [-0.1, -0.05) is 35.7 Å². The summed E-state index contributed by atoms with van der Waals surface area (Å²) in [6.07, 6.45) is 1.49. The third-order valence-electron chi connectivity index (χ3n) is 2.64. The van der Waals surface area contributed by atoms with Gasteiger partial charge in [-0.15, -0.1) is 0 Å². The molecule has 86 valence electrons. The Hall–Kier alpha value is -0.710. The van der Waals surface area contributed by atoms with Gasteiger partial charge in [0.1, 0.15) is 6.04 Å². The standard InChI is InChI=1S/C11H12ClNO2S/c1-15-10-9(13(16-2)11(10)14)7-4-3-5-8(12)6-7/h3-6,9-10H,1-2H3/t9-,10+/m0/s1. The zero-order chi connectivity index (χ0) is 11.7. The van der Waals surface area contributed by atoms with Crippen molar-refractivity contribution in [1.82, 2.24) is 4.31 Å². The number of nitrogens with zero attached hydrogens (tertiary/aromatic N) is 1. The molecule has 1 aromatic carbocycles. The van der Waals surface area contributed by atoms with Gasteiger partial charge in [0.25, 0.3) is 5.91 Å². The van der Waals surface area contributed by atoms with Gasteiger partial charge in [0.05, 0.1) is 0 Å². The van der Waals surface area contributed by atoms with E-state index in [1.807, 2.05) is 30.5 Å². The number of hydrogen-bond acceptors (Lipinski definition) is 3. The molecule has 0 spiro atoms. The maximum Gasteiger partial charge on any atom is 0.264 e. The van der Waals surface area contributed by atoms with Crippen LogP contribution in [0.1, 0.15) is 11.6 Å². The Morgan fingerprint density at radius 2 is 2.25 bits per heavy atom. The molecule has 1 aliphatic heterocycles. The normalized spacial score (nSPS) is 24.4. The largest absolute Gasteiger partial charge is 0.369 e. The smallest absolute Gasteiger partial charge is 0.264 e. The highest BCUT2D eigenvalue weighted by atomic mass is 35.5. The van der Waals surface area contributed by atoms with Crippen LogP contribution in [0.3, 0.4) is 0 Å². The minimum absolute atomic E-state index is 0.0139. The highest BCUT2D eigenvalue weighted by Crippen LogP contribution is 2.41. The third kappa shape index (κ3) is 1.81. The van der Waals surface area contributed by atoms with Crippen molar-refractivity contribution in [3.63, 3.8) is 0 Å². The maximum atomic E-state index is 11.6. The van der Waals surface area contributed by atoms with Gasteiger partial charge in [-0.05, 0) is 17.7 Å². The van der Waals surface area contributed by atoms with E-state index in [-0.39, 0.29) is 18.1 Å². The van der Waals surface area contributed by atoms with Crippen molar-refractivity contribution in [2.24, 2.45) is 0 Å². The molecule has 2 rings (SSSR count). The Balaban J connectivity index is 2.28. The topological polar surface area (TPSA) is 29.5 Å².